The number of furan rings is 1. The molecule has 1 aliphatic heterocycles. The number of amides is 1. The van der Waals surface area contributed by atoms with Crippen LogP contribution in [0, 0.1) is 0 Å². The summed E-state index contributed by atoms with van der Waals surface area (Å²) < 4.78 is 7.25. The number of carbonyl (C=O) groups excluding carboxylic acids is 1. The van der Waals surface area contributed by atoms with E-state index in [1.165, 1.54) is 12.7 Å². The summed E-state index contributed by atoms with van der Waals surface area (Å²) in [5, 5.41) is 12.1. The predicted octanol–water partition coefficient (Wildman–Crippen LogP) is 4.17. The Balaban J connectivity index is 1.67. The standard InChI is InChI=1S/C18H17ClN4O2/c19-14-8-7-12(20-18(24)15-5-4-10-25-15)11-13(14)17-22-21-16-6-2-1-3-9-23(16)17/h4-5,7-8,10-11H,1-3,6,9H2,(H,20,24). The molecule has 1 N–H and O–H groups in total. The Kier molecular flexibility index (Phi) is 4.28. The Morgan fingerprint density at radius 3 is 2.96 bits per heavy atom. The first-order valence-electron chi connectivity index (χ1n) is 8.29. The van der Waals surface area contributed by atoms with Crippen LogP contribution < -0.4 is 5.32 Å². The van der Waals surface area contributed by atoms with Crippen molar-refractivity contribution in [3.8, 4) is 11.4 Å². The van der Waals surface area contributed by atoms with Gasteiger partial charge >= 0.3 is 0 Å². The maximum absolute atomic E-state index is 12.2. The van der Waals surface area contributed by atoms with Gasteiger partial charge in [-0.1, -0.05) is 18.0 Å². The van der Waals surface area contributed by atoms with Crippen molar-refractivity contribution in [2.24, 2.45) is 0 Å². The Bertz CT molecular complexity index is 902. The third-order valence-corrected chi connectivity index (χ3v) is 4.65. The second-order valence-electron chi connectivity index (χ2n) is 6.03. The molecule has 128 valence electrons. The van der Waals surface area contributed by atoms with Crippen molar-refractivity contribution >= 4 is 23.2 Å². The summed E-state index contributed by atoms with van der Waals surface area (Å²) in [4.78, 5) is 12.2. The van der Waals surface area contributed by atoms with Crippen molar-refractivity contribution in [3.63, 3.8) is 0 Å². The highest BCUT2D eigenvalue weighted by molar-refractivity contribution is 6.33. The average molecular weight is 357 g/mol. The zero-order valence-corrected chi connectivity index (χ0v) is 14.3. The second-order valence-corrected chi connectivity index (χ2v) is 6.44. The van der Waals surface area contributed by atoms with Gasteiger partial charge in [0, 0.05) is 24.2 Å². The SMILES string of the molecule is O=C(Nc1ccc(Cl)c(-c2nnc3n2CCCCC3)c1)c1ccco1. The smallest absolute Gasteiger partial charge is 0.291 e. The van der Waals surface area contributed by atoms with Crippen molar-refractivity contribution in [3.05, 3.63) is 53.2 Å². The highest BCUT2D eigenvalue weighted by atomic mass is 35.5. The molecular formula is C18H17ClN4O2. The molecule has 0 unspecified atom stereocenters. The molecule has 3 heterocycles. The number of aryl methyl sites for hydroxylation is 1. The molecule has 4 rings (SSSR count). The molecule has 1 aliphatic rings. The maximum atomic E-state index is 12.2. The lowest BCUT2D eigenvalue weighted by atomic mass is 10.1. The van der Waals surface area contributed by atoms with E-state index in [4.69, 9.17) is 16.0 Å². The van der Waals surface area contributed by atoms with E-state index >= 15 is 0 Å². The second kappa shape index (κ2) is 6.72. The predicted molar refractivity (Wildman–Crippen MR) is 94.7 cm³/mol. The molecule has 1 aromatic carbocycles. The zero-order valence-electron chi connectivity index (χ0n) is 13.5. The van der Waals surface area contributed by atoms with E-state index in [2.05, 4.69) is 20.1 Å². The highest BCUT2D eigenvalue weighted by Gasteiger charge is 2.19. The third kappa shape index (κ3) is 3.17. The Labute approximate surface area is 149 Å². The molecule has 0 saturated heterocycles. The van der Waals surface area contributed by atoms with Crippen molar-refractivity contribution in [2.45, 2.75) is 32.2 Å². The summed E-state index contributed by atoms with van der Waals surface area (Å²) in [6, 6.07) is 8.63. The van der Waals surface area contributed by atoms with Gasteiger partial charge in [0.2, 0.25) is 0 Å². The monoisotopic (exact) mass is 356 g/mol. The third-order valence-electron chi connectivity index (χ3n) is 4.32. The van der Waals surface area contributed by atoms with Gasteiger partial charge in [-0.3, -0.25) is 4.79 Å². The highest BCUT2D eigenvalue weighted by Crippen LogP contribution is 2.31. The van der Waals surface area contributed by atoms with E-state index in [1.54, 1.807) is 24.3 Å². The van der Waals surface area contributed by atoms with Gasteiger partial charge in [-0.2, -0.15) is 0 Å². The van der Waals surface area contributed by atoms with Crippen LogP contribution in [-0.2, 0) is 13.0 Å². The van der Waals surface area contributed by atoms with Crippen LogP contribution in [0.2, 0.25) is 5.02 Å². The quantitative estimate of drug-likeness (QED) is 0.764. The average Bonchev–Trinajstić information content (AvgIpc) is 3.22. The van der Waals surface area contributed by atoms with Gasteiger partial charge in [0.25, 0.3) is 5.91 Å². The number of hydrogen-bond acceptors (Lipinski definition) is 4. The van der Waals surface area contributed by atoms with E-state index in [1.807, 2.05) is 6.07 Å². The molecule has 0 aliphatic carbocycles. The summed E-state index contributed by atoms with van der Waals surface area (Å²) in [5.41, 5.74) is 1.39. The Morgan fingerprint density at radius 2 is 2.12 bits per heavy atom. The summed E-state index contributed by atoms with van der Waals surface area (Å²) in [6.45, 7) is 0.886. The topological polar surface area (TPSA) is 73.0 Å². The fraction of sp³-hybridized carbons (Fsp3) is 0.278. The minimum Gasteiger partial charge on any atom is -0.459 e. The van der Waals surface area contributed by atoms with Crippen LogP contribution in [0.1, 0.15) is 35.6 Å². The number of nitrogens with zero attached hydrogens (tertiary/aromatic N) is 3. The van der Waals surface area contributed by atoms with E-state index in [9.17, 15) is 4.79 Å². The number of benzene rings is 1. The van der Waals surface area contributed by atoms with Crippen LogP contribution in [0.5, 0.6) is 0 Å². The molecule has 0 radical (unpaired) electrons. The van der Waals surface area contributed by atoms with Gasteiger partial charge in [-0.05, 0) is 43.2 Å². The fourth-order valence-corrected chi connectivity index (χ4v) is 3.26. The van der Waals surface area contributed by atoms with E-state index in [0.717, 1.165) is 43.0 Å². The molecule has 7 heteroatoms. The van der Waals surface area contributed by atoms with Crippen LogP contribution in [-0.4, -0.2) is 20.7 Å². The lowest BCUT2D eigenvalue weighted by Crippen LogP contribution is -2.11. The Morgan fingerprint density at radius 1 is 1.20 bits per heavy atom. The number of aromatic nitrogens is 3. The molecule has 6 nitrogen and oxygen atoms in total. The number of halogens is 1. The molecule has 25 heavy (non-hydrogen) atoms. The van der Waals surface area contributed by atoms with Crippen LogP contribution in [0.15, 0.2) is 41.0 Å². The van der Waals surface area contributed by atoms with Crippen LogP contribution in [0.25, 0.3) is 11.4 Å². The van der Waals surface area contributed by atoms with Crippen LogP contribution in [0.3, 0.4) is 0 Å². The number of carbonyl (C=O) groups is 1. The lowest BCUT2D eigenvalue weighted by molar-refractivity contribution is 0.0996. The van der Waals surface area contributed by atoms with Crippen LogP contribution in [0.4, 0.5) is 5.69 Å². The molecule has 3 aromatic rings. The van der Waals surface area contributed by atoms with E-state index in [0.29, 0.717) is 10.7 Å². The van der Waals surface area contributed by atoms with E-state index in [-0.39, 0.29) is 11.7 Å². The molecule has 0 atom stereocenters. The van der Waals surface area contributed by atoms with Crippen molar-refractivity contribution in [1.82, 2.24) is 14.8 Å². The van der Waals surface area contributed by atoms with Gasteiger partial charge in [-0.25, -0.2) is 0 Å². The first kappa shape index (κ1) is 15.9. The first-order valence-corrected chi connectivity index (χ1v) is 8.67. The van der Waals surface area contributed by atoms with Gasteiger partial charge in [0.05, 0.1) is 11.3 Å². The van der Waals surface area contributed by atoms with Crippen molar-refractivity contribution in [2.75, 3.05) is 5.32 Å². The van der Waals surface area contributed by atoms with Gasteiger partial charge < -0.3 is 14.3 Å². The lowest BCUT2D eigenvalue weighted by Gasteiger charge is -2.10. The first-order chi connectivity index (χ1) is 12.2. The van der Waals surface area contributed by atoms with Crippen LogP contribution >= 0.6 is 11.6 Å². The number of fused-ring (bicyclic) bond motifs is 1. The number of rotatable bonds is 3. The summed E-state index contributed by atoms with van der Waals surface area (Å²) in [5.74, 6) is 1.69. The molecule has 0 bridgehead atoms. The number of nitrogens with one attached hydrogen (secondary N) is 1. The van der Waals surface area contributed by atoms with Gasteiger partial charge in [0.1, 0.15) is 5.82 Å². The molecule has 0 saturated carbocycles. The normalized spacial score (nSPS) is 14.0. The maximum Gasteiger partial charge on any atom is 0.291 e. The summed E-state index contributed by atoms with van der Waals surface area (Å²) in [6.07, 6.45) is 5.82. The summed E-state index contributed by atoms with van der Waals surface area (Å²) >= 11 is 6.39. The minimum atomic E-state index is -0.307. The van der Waals surface area contributed by atoms with Crippen molar-refractivity contribution < 1.29 is 9.21 Å². The molecule has 1 amide bonds. The minimum absolute atomic E-state index is 0.257. The van der Waals surface area contributed by atoms with Crippen molar-refractivity contribution in [1.29, 1.82) is 0 Å². The molecule has 0 spiro atoms. The largest absolute Gasteiger partial charge is 0.459 e. The van der Waals surface area contributed by atoms with Gasteiger partial charge in [-0.15, -0.1) is 10.2 Å². The zero-order chi connectivity index (χ0) is 17.2. The number of hydrogen-bond donors (Lipinski definition) is 1. The molecule has 2 aromatic heterocycles. The number of anilines is 1. The fourth-order valence-electron chi connectivity index (χ4n) is 3.06. The van der Waals surface area contributed by atoms with Gasteiger partial charge in [0.15, 0.2) is 11.6 Å². The summed E-state index contributed by atoms with van der Waals surface area (Å²) in [7, 11) is 0. The molecular weight excluding hydrogens is 340 g/mol. The van der Waals surface area contributed by atoms with E-state index < -0.39 is 0 Å². The molecule has 0 fully saturated rings. The Hall–Kier alpha value is -2.60.